The number of thioether (sulfide) groups is 1. The van der Waals surface area contributed by atoms with Crippen molar-refractivity contribution in [2.75, 3.05) is 26.2 Å². The Hall–Kier alpha value is -2.27. The van der Waals surface area contributed by atoms with Crippen molar-refractivity contribution < 1.29 is 32.7 Å². The van der Waals surface area contributed by atoms with Gasteiger partial charge in [-0.15, -0.1) is 11.8 Å². The molecular weight excluding hydrogens is 635 g/mol. The molecule has 2 aliphatic rings. The van der Waals surface area contributed by atoms with Crippen molar-refractivity contribution in [3.05, 3.63) is 0 Å². The number of carbonyl (C=O) groups excluding carboxylic acids is 5. The number of amides is 5. The fourth-order valence-corrected chi connectivity index (χ4v) is 7.21. The van der Waals surface area contributed by atoms with Crippen molar-refractivity contribution >= 4 is 52.6 Å². The summed E-state index contributed by atoms with van der Waals surface area (Å²) in [6.07, 6.45) is 3.72. The van der Waals surface area contributed by atoms with Gasteiger partial charge in [-0.05, 0) is 50.4 Å². The number of ketones is 1. The molecular formula is C30H55N7O7S2. The topological polar surface area (TPSA) is 203 Å². The Morgan fingerprint density at radius 1 is 0.978 bits per heavy atom. The van der Waals surface area contributed by atoms with Gasteiger partial charge in [-0.3, -0.25) is 23.7 Å². The molecule has 0 aromatic heterocycles. The Balaban J connectivity index is 2.10. The van der Waals surface area contributed by atoms with E-state index in [1.807, 2.05) is 55.4 Å². The minimum atomic E-state index is -2.09. The summed E-state index contributed by atoms with van der Waals surface area (Å²) in [5.41, 5.74) is 4.18. The quantitative estimate of drug-likeness (QED) is 0.0598. The first-order valence-corrected chi connectivity index (χ1v) is 18.0. The zero-order valence-corrected chi connectivity index (χ0v) is 30.1. The normalized spacial score (nSPS) is 20.1. The predicted molar refractivity (Wildman–Crippen MR) is 180 cm³/mol. The molecule has 264 valence electrons. The van der Waals surface area contributed by atoms with Crippen LogP contribution in [-0.4, -0.2) is 108 Å². The van der Waals surface area contributed by atoms with Crippen LogP contribution in [0.25, 0.3) is 0 Å². The van der Waals surface area contributed by atoms with Crippen molar-refractivity contribution in [1.82, 2.24) is 30.5 Å². The van der Waals surface area contributed by atoms with Crippen LogP contribution in [0.3, 0.4) is 0 Å². The molecule has 0 aromatic carbocycles. The number of hydrogen-bond donors (Lipinski definition) is 6. The molecule has 7 N–H and O–H groups in total. The van der Waals surface area contributed by atoms with Crippen LogP contribution in [0.5, 0.6) is 0 Å². The fourth-order valence-electron chi connectivity index (χ4n) is 5.19. The van der Waals surface area contributed by atoms with Crippen LogP contribution in [0.4, 0.5) is 4.79 Å². The monoisotopic (exact) mass is 689 g/mol. The van der Waals surface area contributed by atoms with E-state index in [0.29, 0.717) is 39.0 Å². The molecule has 16 heteroatoms. The second-order valence-corrected chi connectivity index (χ2v) is 16.8. The minimum Gasteiger partial charge on any atom is -0.363 e. The summed E-state index contributed by atoms with van der Waals surface area (Å²) < 4.78 is 22.5. The molecule has 1 saturated carbocycles. The number of nitrogens with two attached hydrogens (primary N) is 1. The molecule has 46 heavy (non-hydrogen) atoms. The number of rotatable bonds is 16. The standard InChI is InChI=1S/C30H55N7O7S2/c1-18(2)37(46(43)44)16-14-32-17-21(29(3,4)5)33-28(42)34-23(30(6,7)8)27(41)36-15-10-13-20(36)25(40)35-26(22(38)24(31)39)45-19-11-9-12-19/h18-21,23,26,32H,9-17H2,1-8H3,(H2,31,39)(H,35,40)(H,43,44)(H2,33,34,42)/t20-,21+,23+,26?/m0/s1. The molecule has 0 aromatic rings. The third-order valence-corrected chi connectivity index (χ3v) is 10.8. The van der Waals surface area contributed by atoms with Crippen molar-refractivity contribution in [3.63, 3.8) is 0 Å². The van der Waals surface area contributed by atoms with Gasteiger partial charge in [0.25, 0.3) is 11.7 Å². The second kappa shape index (κ2) is 17.2. The van der Waals surface area contributed by atoms with Gasteiger partial charge in [-0.2, -0.15) is 4.31 Å². The molecule has 2 unspecified atom stereocenters. The molecule has 5 amide bonds. The van der Waals surface area contributed by atoms with Crippen LogP contribution >= 0.6 is 11.8 Å². The van der Waals surface area contributed by atoms with Crippen molar-refractivity contribution in [1.29, 1.82) is 0 Å². The van der Waals surface area contributed by atoms with Gasteiger partial charge in [0.1, 0.15) is 17.5 Å². The van der Waals surface area contributed by atoms with Crippen LogP contribution in [0, 0.1) is 10.8 Å². The summed E-state index contributed by atoms with van der Waals surface area (Å²) in [6.45, 7) is 16.5. The highest BCUT2D eigenvalue weighted by Gasteiger charge is 2.43. The Labute approximate surface area is 280 Å². The number of nitrogens with zero attached hydrogens (tertiary/aromatic N) is 2. The molecule has 1 heterocycles. The number of carbonyl (C=O) groups is 5. The van der Waals surface area contributed by atoms with E-state index in [1.54, 1.807) is 0 Å². The second-order valence-electron chi connectivity index (χ2n) is 14.5. The number of nitrogens with one attached hydrogen (secondary N) is 4. The number of Topliss-reactive ketones (excluding diaryl/α,β-unsaturated/α-hetero) is 1. The summed E-state index contributed by atoms with van der Waals surface area (Å²) >= 11 is -0.872. The van der Waals surface area contributed by atoms with Crippen LogP contribution in [0.1, 0.15) is 87.5 Å². The number of hydrogen-bond acceptors (Lipinski definition) is 8. The lowest BCUT2D eigenvalue weighted by Crippen LogP contribution is -2.61. The first-order valence-electron chi connectivity index (χ1n) is 16.0. The first-order chi connectivity index (χ1) is 21.2. The third-order valence-electron chi connectivity index (χ3n) is 8.35. The third kappa shape index (κ3) is 11.8. The van der Waals surface area contributed by atoms with Gasteiger partial charge in [0.15, 0.2) is 0 Å². The Kier molecular flexibility index (Phi) is 14.9. The molecule has 0 radical (unpaired) electrons. The highest BCUT2D eigenvalue weighted by molar-refractivity contribution is 8.01. The molecule has 5 atom stereocenters. The summed E-state index contributed by atoms with van der Waals surface area (Å²) in [7, 11) is 0. The van der Waals surface area contributed by atoms with Gasteiger partial charge in [-0.1, -0.05) is 48.0 Å². The Bertz CT molecular complexity index is 1120. The summed E-state index contributed by atoms with van der Waals surface area (Å²) in [4.78, 5) is 66.4. The van der Waals surface area contributed by atoms with Gasteiger partial charge in [-0.25, -0.2) is 9.00 Å². The van der Waals surface area contributed by atoms with E-state index in [2.05, 4.69) is 21.3 Å². The lowest BCUT2D eigenvalue weighted by molar-refractivity contribution is -0.142. The van der Waals surface area contributed by atoms with E-state index in [-0.39, 0.29) is 22.7 Å². The Morgan fingerprint density at radius 3 is 2.09 bits per heavy atom. The van der Waals surface area contributed by atoms with E-state index >= 15 is 0 Å². The molecule has 0 bridgehead atoms. The summed E-state index contributed by atoms with van der Waals surface area (Å²) in [5, 5.41) is 10.8. The number of primary amides is 1. The van der Waals surface area contributed by atoms with E-state index in [9.17, 15) is 32.7 Å². The van der Waals surface area contributed by atoms with Crippen LogP contribution in [0.2, 0.25) is 0 Å². The zero-order valence-electron chi connectivity index (χ0n) is 28.5. The lowest BCUT2D eigenvalue weighted by Gasteiger charge is -2.37. The lowest BCUT2D eigenvalue weighted by atomic mass is 9.85. The summed E-state index contributed by atoms with van der Waals surface area (Å²) in [6, 6.07) is -2.85. The molecule has 1 aliphatic heterocycles. The van der Waals surface area contributed by atoms with Crippen molar-refractivity contribution in [2.24, 2.45) is 16.6 Å². The highest BCUT2D eigenvalue weighted by atomic mass is 32.2. The van der Waals surface area contributed by atoms with Crippen LogP contribution in [-0.2, 0) is 30.4 Å². The van der Waals surface area contributed by atoms with E-state index in [1.165, 1.54) is 21.0 Å². The van der Waals surface area contributed by atoms with E-state index in [4.69, 9.17) is 5.73 Å². The van der Waals surface area contributed by atoms with E-state index < -0.39 is 63.7 Å². The zero-order chi connectivity index (χ0) is 35.0. The van der Waals surface area contributed by atoms with Crippen molar-refractivity contribution in [2.45, 2.75) is 122 Å². The maximum Gasteiger partial charge on any atom is 0.315 e. The molecule has 14 nitrogen and oxygen atoms in total. The van der Waals surface area contributed by atoms with Gasteiger partial charge < -0.3 is 31.9 Å². The maximum absolute atomic E-state index is 14.0. The van der Waals surface area contributed by atoms with Crippen molar-refractivity contribution in [3.8, 4) is 0 Å². The highest BCUT2D eigenvalue weighted by Crippen LogP contribution is 2.34. The number of likely N-dealkylation sites (tertiary alicyclic amines) is 1. The van der Waals surface area contributed by atoms with Gasteiger partial charge in [0.2, 0.25) is 23.1 Å². The average Bonchev–Trinajstić information content (AvgIpc) is 3.40. The molecule has 1 saturated heterocycles. The Morgan fingerprint density at radius 2 is 1.61 bits per heavy atom. The predicted octanol–water partition coefficient (Wildman–Crippen LogP) is 1.33. The first kappa shape index (κ1) is 39.9. The molecule has 1 aliphatic carbocycles. The molecule has 2 rings (SSSR count). The minimum absolute atomic E-state index is 0.117. The number of urea groups is 1. The van der Waals surface area contributed by atoms with Crippen LogP contribution in [0.15, 0.2) is 0 Å². The SMILES string of the molecule is CC(C)N(CCNC[C@@H](NC(=O)N[C@H](C(=O)N1CCC[C@H]1C(=O)NC(SC1CCC1)C(=O)C(N)=O)C(C)(C)C)C(C)(C)C)S(=O)O. The van der Waals surface area contributed by atoms with Gasteiger partial charge >= 0.3 is 6.03 Å². The summed E-state index contributed by atoms with van der Waals surface area (Å²) in [5.74, 6) is -2.95. The fraction of sp³-hybridized carbons (Fsp3) is 0.833. The van der Waals surface area contributed by atoms with Gasteiger partial charge in [0.05, 0.1) is 0 Å². The molecule has 0 spiro atoms. The smallest absolute Gasteiger partial charge is 0.315 e. The largest absolute Gasteiger partial charge is 0.363 e. The van der Waals surface area contributed by atoms with Gasteiger partial charge in [0, 0.05) is 43.5 Å². The van der Waals surface area contributed by atoms with E-state index in [0.717, 1.165) is 19.3 Å². The molecule has 2 fully saturated rings. The van der Waals surface area contributed by atoms with Crippen LogP contribution < -0.4 is 27.0 Å². The maximum atomic E-state index is 14.0. The average molecular weight is 690 g/mol.